The van der Waals surface area contributed by atoms with Crippen LogP contribution in [0.3, 0.4) is 0 Å². The number of benzene rings is 1. The summed E-state index contributed by atoms with van der Waals surface area (Å²) >= 11 is 1.14. The molecule has 3 nitrogen and oxygen atoms in total. The number of rotatable bonds is 1. The summed E-state index contributed by atoms with van der Waals surface area (Å²) < 4.78 is 8.06. The fourth-order valence-corrected chi connectivity index (χ4v) is 1.48. The van der Waals surface area contributed by atoms with E-state index in [1.54, 1.807) is 0 Å². The molecule has 0 aliphatic rings. The lowest BCUT2D eigenvalue weighted by Crippen LogP contribution is -1.69. The van der Waals surface area contributed by atoms with Crippen LogP contribution >= 0.6 is 11.5 Å². The first-order chi connectivity index (χ1) is 5.88. The minimum atomic E-state index is -0.119. The van der Waals surface area contributed by atoms with Crippen LogP contribution in [0.4, 0.5) is 0 Å². The van der Waals surface area contributed by atoms with Gasteiger partial charge in [0.2, 0.25) is 4.88 Å². The third-order valence-electron chi connectivity index (χ3n) is 1.48. The Labute approximate surface area is 73.0 Å². The summed E-state index contributed by atoms with van der Waals surface area (Å²) in [7, 11) is 0. The van der Waals surface area contributed by atoms with Crippen LogP contribution in [0.2, 0.25) is 0 Å². The first-order valence-corrected chi connectivity index (χ1v) is 4.18. The Bertz CT molecular complexity index is 372. The molecule has 0 saturated heterocycles. The minimum Gasteiger partial charge on any atom is -0.332 e. The van der Waals surface area contributed by atoms with E-state index in [0.717, 1.165) is 17.1 Å². The van der Waals surface area contributed by atoms with Crippen molar-refractivity contribution in [2.45, 2.75) is 0 Å². The van der Waals surface area contributed by atoms with Crippen LogP contribution in [0.25, 0.3) is 10.4 Å². The highest BCUT2D eigenvalue weighted by Gasteiger charge is 2.18. The Kier molecular flexibility index (Phi) is 1.75. The molecule has 0 saturated carbocycles. The van der Waals surface area contributed by atoms with Gasteiger partial charge in [-0.3, -0.25) is 0 Å². The van der Waals surface area contributed by atoms with E-state index >= 15 is 0 Å². The van der Waals surface area contributed by atoms with Gasteiger partial charge in [-0.25, -0.2) is 0 Å². The first kappa shape index (κ1) is 7.24. The second-order valence-corrected chi connectivity index (χ2v) is 3.00. The molecule has 0 bridgehead atoms. The molecule has 2 rings (SSSR count). The number of nitrogens with zero attached hydrogens (tertiary/aromatic N) is 1. The summed E-state index contributed by atoms with van der Waals surface area (Å²) in [6, 6.07) is 9.49. The van der Waals surface area contributed by atoms with E-state index < -0.39 is 0 Å². The number of aromatic nitrogens is 1. The second kappa shape index (κ2) is 2.91. The molecule has 0 atom stereocenters. The molecule has 0 amide bonds. The summed E-state index contributed by atoms with van der Waals surface area (Å²) in [4.78, 5) is 0.663. The molecule has 0 radical (unpaired) electrons. The van der Waals surface area contributed by atoms with Crippen molar-refractivity contribution in [2.24, 2.45) is 0 Å². The monoisotopic (exact) mass is 180 g/mol. The minimum absolute atomic E-state index is 0.119. The van der Waals surface area contributed by atoms with Crippen molar-refractivity contribution in [3.63, 3.8) is 0 Å². The maximum absolute atomic E-state index is 9.19. The lowest BCUT2D eigenvalue weighted by molar-refractivity contribution is 0.284. The Hall–Kier alpha value is -1.42. The fraction of sp³-hybridized carbons (Fsp3) is 0. The van der Waals surface area contributed by atoms with Gasteiger partial charge in [-0.1, -0.05) is 30.3 Å². The summed E-state index contributed by atoms with van der Waals surface area (Å²) in [5.41, 5.74) is 0.918. The molecule has 4 heteroatoms. The molecule has 1 N–H and O–H groups in total. The highest BCUT2D eigenvalue weighted by Crippen LogP contribution is 2.31. The molecule has 2 aromatic rings. The summed E-state index contributed by atoms with van der Waals surface area (Å²) in [6.07, 6.45) is 0. The van der Waals surface area contributed by atoms with Gasteiger partial charge in [0.1, 0.15) is 4.55 Å². The van der Waals surface area contributed by atoms with Crippen molar-refractivity contribution in [3.05, 3.63) is 30.3 Å². The second-order valence-electron chi connectivity index (χ2n) is 2.26. The van der Waals surface area contributed by atoms with E-state index in [4.69, 9.17) is 0 Å². The van der Waals surface area contributed by atoms with Gasteiger partial charge in [-0.15, -0.1) is 4.52 Å². The third-order valence-corrected chi connectivity index (χ3v) is 2.22. The molecule has 1 heterocycles. The Balaban J connectivity index is 2.51. The van der Waals surface area contributed by atoms with Gasteiger partial charge >= 0.3 is 5.95 Å². The van der Waals surface area contributed by atoms with Crippen molar-refractivity contribution in [1.29, 1.82) is 0 Å². The van der Waals surface area contributed by atoms with E-state index in [1.807, 2.05) is 30.3 Å². The van der Waals surface area contributed by atoms with Crippen LogP contribution in [-0.2, 0) is 0 Å². The van der Waals surface area contributed by atoms with Crippen LogP contribution < -0.4 is 0 Å². The Morgan fingerprint density at radius 3 is 2.58 bits per heavy atom. The van der Waals surface area contributed by atoms with E-state index in [-0.39, 0.29) is 5.95 Å². The predicted octanol–water partition coefficient (Wildman–Crippen LogP) is 2.39. The maximum Gasteiger partial charge on any atom is 0.566 e. The average molecular weight is 180 g/mol. The Morgan fingerprint density at radius 2 is 2.00 bits per heavy atom. The smallest absolute Gasteiger partial charge is 0.332 e. The van der Waals surface area contributed by atoms with Gasteiger partial charge in [0.25, 0.3) is 0 Å². The standard InChI is InChI=1S/C8H5NO2S/c10-8-7(12-9-11-8)6-4-2-1-3-5-6/h1-5H/p+1. The van der Waals surface area contributed by atoms with Crippen molar-refractivity contribution in [3.8, 4) is 16.4 Å². The van der Waals surface area contributed by atoms with Gasteiger partial charge in [-0.05, 0) is 0 Å². The fourth-order valence-electron chi connectivity index (χ4n) is 0.937. The van der Waals surface area contributed by atoms with E-state index in [1.165, 1.54) is 0 Å². The van der Waals surface area contributed by atoms with Gasteiger partial charge in [0.15, 0.2) is 0 Å². The maximum atomic E-state index is 9.19. The van der Waals surface area contributed by atoms with Crippen molar-refractivity contribution < 1.29 is 9.63 Å². The van der Waals surface area contributed by atoms with E-state index in [9.17, 15) is 5.11 Å². The van der Waals surface area contributed by atoms with Crippen LogP contribution in [0.1, 0.15) is 0 Å². The highest BCUT2D eigenvalue weighted by atomic mass is 32.1. The van der Waals surface area contributed by atoms with Gasteiger partial charge < -0.3 is 5.11 Å². The topological polar surface area (TPSA) is 44.4 Å². The quantitative estimate of drug-likeness (QED) is 0.685. The van der Waals surface area contributed by atoms with Gasteiger partial charge in [0, 0.05) is 17.1 Å². The molecule has 0 spiro atoms. The molecule has 0 aliphatic carbocycles. The van der Waals surface area contributed by atoms with Crippen LogP contribution in [0.15, 0.2) is 34.9 Å². The highest BCUT2D eigenvalue weighted by molar-refractivity contribution is 7.09. The molecule has 0 aliphatic heterocycles. The predicted molar refractivity (Wildman–Crippen MR) is 45.9 cm³/mol. The SMILES string of the molecule is Oc1[o+]nsc1-c1ccccc1. The van der Waals surface area contributed by atoms with Gasteiger partial charge in [-0.2, -0.15) is 0 Å². The largest absolute Gasteiger partial charge is 0.566 e. The van der Waals surface area contributed by atoms with Gasteiger partial charge in [0.05, 0.1) is 0 Å². The normalized spacial score (nSPS) is 10.0. The van der Waals surface area contributed by atoms with Crippen LogP contribution in [0, 0.1) is 0 Å². The molecular formula is C8H6NO2S+. The number of hydrogen-bond acceptors (Lipinski definition) is 3. The molecule has 12 heavy (non-hydrogen) atoms. The van der Waals surface area contributed by atoms with Crippen molar-refractivity contribution >= 4 is 11.5 Å². The summed E-state index contributed by atoms with van der Waals surface area (Å²) in [5, 5.41) is 9.19. The Morgan fingerprint density at radius 1 is 1.25 bits per heavy atom. The van der Waals surface area contributed by atoms with Crippen LogP contribution in [0.5, 0.6) is 5.95 Å². The summed E-state index contributed by atoms with van der Waals surface area (Å²) in [6.45, 7) is 0. The van der Waals surface area contributed by atoms with Crippen LogP contribution in [-0.4, -0.2) is 9.65 Å². The zero-order valence-corrected chi connectivity index (χ0v) is 6.91. The zero-order valence-electron chi connectivity index (χ0n) is 6.10. The summed E-state index contributed by atoms with van der Waals surface area (Å²) in [5.74, 6) is -0.119. The van der Waals surface area contributed by atoms with Crippen molar-refractivity contribution in [1.82, 2.24) is 4.55 Å². The molecule has 0 unspecified atom stereocenters. The third kappa shape index (κ3) is 1.16. The van der Waals surface area contributed by atoms with Crippen molar-refractivity contribution in [2.75, 3.05) is 0 Å². The first-order valence-electron chi connectivity index (χ1n) is 3.41. The average Bonchev–Trinajstić information content (AvgIpc) is 2.53. The van der Waals surface area contributed by atoms with E-state index in [0.29, 0.717) is 4.88 Å². The van der Waals surface area contributed by atoms with E-state index in [2.05, 4.69) is 9.07 Å². The lowest BCUT2D eigenvalue weighted by atomic mass is 10.2. The number of aromatic hydroxyl groups is 1. The molecule has 0 fully saturated rings. The molecule has 1 aromatic carbocycles. The zero-order chi connectivity index (χ0) is 8.39. The molecule has 1 aromatic heterocycles. The number of hydrogen-bond donors (Lipinski definition) is 1. The lowest BCUT2D eigenvalue weighted by Gasteiger charge is -1.88. The molecular weight excluding hydrogens is 174 g/mol. The molecule has 60 valence electrons.